The Morgan fingerprint density at radius 3 is 2.76 bits per heavy atom. The molecule has 5 nitrogen and oxygen atoms in total. The van der Waals surface area contributed by atoms with Crippen molar-refractivity contribution < 1.29 is 19.0 Å². The predicted octanol–water partition coefficient (Wildman–Crippen LogP) is 1.47. The summed E-state index contributed by atoms with van der Waals surface area (Å²) >= 11 is 0. The van der Waals surface area contributed by atoms with E-state index in [1.807, 2.05) is 6.92 Å². The summed E-state index contributed by atoms with van der Waals surface area (Å²) in [7, 11) is 1.33. The molecule has 5 heteroatoms. The lowest BCUT2D eigenvalue weighted by Gasteiger charge is -2.10. The molecular weight excluding hydrogens is 222 g/mol. The van der Waals surface area contributed by atoms with E-state index in [1.54, 1.807) is 18.2 Å². The van der Waals surface area contributed by atoms with Gasteiger partial charge in [-0.05, 0) is 25.1 Å². The minimum absolute atomic E-state index is 0.392. The molecule has 94 valence electrons. The van der Waals surface area contributed by atoms with Crippen molar-refractivity contribution in [2.75, 3.05) is 32.7 Å². The first kappa shape index (κ1) is 13.3. The van der Waals surface area contributed by atoms with E-state index < -0.39 is 5.97 Å². The van der Waals surface area contributed by atoms with Gasteiger partial charge in [-0.3, -0.25) is 0 Å². The van der Waals surface area contributed by atoms with Crippen LogP contribution in [0.3, 0.4) is 0 Å². The molecule has 1 aromatic rings. The van der Waals surface area contributed by atoms with Crippen LogP contribution in [0.15, 0.2) is 18.2 Å². The fraction of sp³-hybridized carbons (Fsp3) is 0.417. The smallest absolute Gasteiger partial charge is 0.337 e. The van der Waals surface area contributed by atoms with Gasteiger partial charge in [0.1, 0.15) is 12.4 Å². The second-order valence-corrected chi connectivity index (χ2v) is 3.29. The molecular formula is C12H17NO4. The number of benzene rings is 1. The molecule has 0 saturated carbocycles. The Hall–Kier alpha value is -1.75. The molecule has 0 heterocycles. The number of anilines is 1. The fourth-order valence-electron chi connectivity index (χ4n) is 1.26. The summed E-state index contributed by atoms with van der Waals surface area (Å²) in [5, 5.41) is 0. The van der Waals surface area contributed by atoms with Crippen molar-refractivity contribution in [1.29, 1.82) is 0 Å². The topological polar surface area (TPSA) is 70.8 Å². The zero-order valence-corrected chi connectivity index (χ0v) is 10.1. The highest BCUT2D eigenvalue weighted by atomic mass is 16.5. The second-order valence-electron chi connectivity index (χ2n) is 3.29. The Kier molecular flexibility index (Phi) is 5.29. The Bertz CT molecular complexity index is 379. The number of ether oxygens (including phenoxy) is 3. The highest BCUT2D eigenvalue weighted by molar-refractivity contribution is 5.90. The van der Waals surface area contributed by atoms with Crippen molar-refractivity contribution in [3.05, 3.63) is 23.8 Å². The summed E-state index contributed by atoms with van der Waals surface area (Å²) in [4.78, 5) is 11.3. The average molecular weight is 239 g/mol. The monoisotopic (exact) mass is 239 g/mol. The largest absolute Gasteiger partial charge is 0.489 e. The van der Waals surface area contributed by atoms with Gasteiger partial charge in [0.2, 0.25) is 0 Å². The van der Waals surface area contributed by atoms with Crippen LogP contribution in [-0.2, 0) is 9.47 Å². The van der Waals surface area contributed by atoms with E-state index in [4.69, 9.17) is 15.2 Å². The number of nitrogen functional groups attached to an aromatic ring is 1. The van der Waals surface area contributed by atoms with Gasteiger partial charge in [0.25, 0.3) is 0 Å². The molecule has 0 atom stereocenters. The Labute approximate surface area is 100 Å². The van der Waals surface area contributed by atoms with E-state index in [1.165, 1.54) is 7.11 Å². The van der Waals surface area contributed by atoms with Crippen LogP contribution in [0.5, 0.6) is 5.75 Å². The second kappa shape index (κ2) is 6.75. The molecule has 0 aliphatic rings. The van der Waals surface area contributed by atoms with Gasteiger partial charge in [-0.25, -0.2) is 4.79 Å². The van der Waals surface area contributed by atoms with Gasteiger partial charge in [0.15, 0.2) is 0 Å². The lowest BCUT2D eigenvalue weighted by molar-refractivity contribution is 0.0600. The SMILES string of the molecule is CCOCCOc1cc(C(=O)OC)ccc1N. The third-order valence-electron chi connectivity index (χ3n) is 2.12. The van der Waals surface area contributed by atoms with Crippen molar-refractivity contribution in [2.24, 2.45) is 0 Å². The van der Waals surface area contributed by atoms with Crippen LogP contribution in [0.4, 0.5) is 5.69 Å². The van der Waals surface area contributed by atoms with Crippen LogP contribution < -0.4 is 10.5 Å². The third kappa shape index (κ3) is 3.96. The first-order valence-corrected chi connectivity index (χ1v) is 5.37. The zero-order chi connectivity index (χ0) is 12.7. The quantitative estimate of drug-likeness (QED) is 0.462. The summed E-state index contributed by atoms with van der Waals surface area (Å²) < 4.78 is 15.2. The van der Waals surface area contributed by atoms with Crippen molar-refractivity contribution in [1.82, 2.24) is 0 Å². The Balaban J connectivity index is 2.66. The molecule has 0 aromatic heterocycles. The molecule has 1 rings (SSSR count). The average Bonchev–Trinajstić information content (AvgIpc) is 2.35. The van der Waals surface area contributed by atoms with Gasteiger partial charge in [-0.15, -0.1) is 0 Å². The van der Waals surface area contributed by atoms with Crippen LogP contribution in [0.1, 0.15) is 17.3 Å². The van der Waals surface area contributed by atoms with Crippen LogP contribution >= 0.6 is 0 Å². The molecule has 0 fully saturated rings. The van der Waals surface area contributed by atoms with E-state index in [0.717, 1.165) is 0 Å². The minimum atomic E-state index is -0.417. The van der Waals surface area contributed by atoms with E-state index in [2.05, 4.69) is 4.74 Å². The summed E-state index contributed by atoms with van der Waals surface area (Å²) in [6.45, 7) is 3.42. The molecule has 1 aromatic carbocycles. The number of esters is 1. The minimum Gasteiger partial charge on any atom is -0.489 e. The lowest BCUT2D eigenvalue weighted by Crippen LogP contribution is -2.09. The number of carbonyl (C=O) groups excluding carboxylic acids is 1. The molecule has 17 heavy (non-hydrogen) atoms. The maximum atomic E-state index is 11.3. The van der Waals surface area contributed by atoms with Gasteiger partial charge < -0.3 is 19.9 Å². The van der Waals surface area contributed by atoms with Crippen LogP contribution in [0.2, 0.25) is 0 Å². The maximum absolute atomic E-state index is 11.3. The molecule has 2 N–H and O–H groups in total. The molecule has 0 saturated heterocycles. The van der Waals surface area contributed by atoms with Crippen molar-refractivity contribution in [2.45, 2.75) is 6.92 Å². The number of rotatable bonds is 6. The molecule has 0 spiro atoms. The predicted molar refractivity (Wildman–Crippen MR) is 64.2 cm³/mol. The van der Waals surface area contributed by atoms with Crippen LogP contribution in [0.25, 0.3) is 0 Å². The summed E-state index contributed by atoms with van der Waals surface area (Å²) in [5.41, 5.74) is 6.62. The van der Waals surface area contributed by atoms with E-state index in [9.17, 15) is 4.79 Å². The number of hydrogen-bond acceptors (Lipinski definition) is 5. The molecule has 0 unspecified atom stereocenters. The van der Waals surface area contributed by atoms with Gasteiger partial charge >= 0.3 is 5.97 Å². The summed E-state index contributed by atoms with van der Waals surface area (Å²) in [5.74, 6) is 0.0484. The standard InChI is InChI=1S/C12H17NO4/c1-3-16-6-7-17-11-8-9(12(14)15-2)4-5-10(11)13/h4-5,8H,3,6-7,13H2,1-2H3. The number of carbonyl (C=O) groups is 1. The fourth-order valence-corrected chi connectivity index (χ4v) is 1.26. The first-order chi connectivity index (χ1) is 8.19. The van der Waals surface area contributed by atoms with E-state index >= 15 is 0 Å². The molecule has 0 aliphatic heterocycles. The lowest BCUT2D eigenvalue weighted by atomic mass is 10.2. The number of methoxy groups -OCH3 is 1. The highest BCUT2D eigenvalue weighted by Crippen LogP contribution is 2.23. The first-order valence-electron chi connectivity index (χ1n) is 5.37. The maximum Gasteiger partial charge on any atom is 0.337 e. The molecule has 0 amide bonds. The third-order valence-corrected chi connectivity index (χ3v) is 2.12. The zero-order valence-electron chi connectivity index (χ0n) is 10.1. The molecule has 0 bridgehead atoms. The van der Waals surface area contributed by atoms with Crippen LogP contribution in [0, 0.1) is 0 Å². The summed E-state index contributed by atoms with van der Waals surface area (Å²) in [6, 6.07) is 4.77. The van der Waals surface area contributed by atoms with Crippen molar-refractivity contribution >= 4 is 11.7 Å². The molecule has 0 radical (unpaired) electrons. The van der Waals surface area contributed by atoms with Gasteiger partial charge in [-0.1, -0.05) is 0 Å². The van der Waals surface area contributed by atoms with Gasteiger partial charge in [0, 0.05) is 6.61 Å². The Morgan fingerprint density at radius 1 is 1.35 bits per heavy atom. The summed E-state index contributed by atoms with van der Waals surface area (Å²) in [6.07, 6.45) is 0. The van der Waals surface area contributed by atoms with Crippen LogP contribution in [-0.4, -0.2) is 32.9 Å². The van der Waals surface area contributed by atoms with E-state index in [0.29, 0.717) is 36.8 Å². The molecule has 0 aliphatic carbocycles. The Morgan fingerprint density at radius 2 is 2.12 bits per heavy atom. The van der Waals surface area contributed by atoms with E-state index in [-0.39, 0.29) is 0 Å². The van der Waals surface area contributed by atoms with Gasteiger partial charge in [0.05, 0.1) is 25.0 Å². The van der Waals surface area contributed by atoms with Gasteiger partial charge in [-0.2, -0.15) is 0 Å². The number of nitrogens with two attached hydrogens (primary N) is 1. The van der Waals surface area contributed by atoms with Crippen molar-refractivity contribution in [3.63, 3.8) is 0 Å². The number of hydrogen-bond donors (Lipinski definition) is 1. The highest BCUT2D eigenvalue weighted by Gasteiger charge is 2.09. The normalized spacial score (nSPS) is 10.0. The van der Waals surface area contributed by atoms with Crippen molar-refractivity contribution in [3.8, 4) is 5.75 Å².